The van der Waals surface area contributed by atoms with Crippen molar-refractivity contribution in [3.63, 3.8) is 0 Å². The van der Waals surface area contributed by atoms with Crippen LogP contribution in [0.4, 0.5) is 0 Å². The lowest BCUT2D eigenvalue weighted by atomic mass is 10.0. The summed E-state index contributed by atoms with van der Waals surface area (Å²) in [4.78, 5) is 25.2. The van der Waals surface area contributed by atoms with Gasteiger partial charge >= 0.3 is 0 Å². The van der Waals surface area contributed by atoms with Crippen molar-refractivity contribution in [1.29, 1.82) is 0 Å². The van der Waals surface area contributed by atoms with Gasteiger partial charge in [0.1, 0.15) is 10.8 Å². The van der Waals surface area contributed by atoms with Gasteiger partial charge in [-0.3, -0.25) is 4.79 Å². The second-order valence-corrected chi connectivity index (χ2v) is 8.40. The van der Waals surface area contributed by atoms with Crippen molar-refractivity contribution in [1.82, 2.24) is 20.3 Å². The Morgan fingerprint density at radius 2 is 2.04 bits per heavy atom. The van der Waals surface area contributed by atoms with Crippen LogP contribution in [-0.4, -0.2) is 20.9 Å². The van der Waals surface area contributed by atoms with Gasteiger partial charge < -0.3 is 10.3 Å². The maximum absolute atomic E-state index is 12.6. The number of thiophene rings is 1. The number of aromatic amines is 1. The fraction of sp³-hybridized carbons (Fsp3) is 0.250. The van der Waals surface area contributed by atoms with Crippen LogP contribution in [0.3, 0.4) is 0 Å². The van der Waals surface area contributed by atoms with Crippen molar-refractivity contribution >= 4 is 39.6 Å². The van der Waals surface area contributed by atoms with Crippen LogP contribution in [0.25, 0.3) is 21.6 Å². The maximum atomic E-state index is 12.6. The molecule has 0 radical (unpaired) electrons. The molecule has 0 unspecified atom stereocenters. The van der Waals surface area contributed by atoms with Crippen LogP contribution in [0.5, 0.6) is 0 Å². The molecular formula is C20H20N4OS2. The monoisotopic (exact) mass is 396 g/mol. The minimum absolute atomic E-state index is 0.0451. The maximum Gasteiger partial charge on any atom is 0.226 e. The molecular weight excluding hydrogens is 376 g/mol. The van der Waals surface area contributed by atoms with Crippen LogP contribution in [0.15, 0.2) is 46.5 Å². The first kappa shape index (κ1) is 17.9. The molecule has 5 nitrogen and oxygen atoms in total. The highest BCUT2D eigenvalue weighted by molar-refractivity contribution is 7.14. The van der Waals surface area contributed by atoms with Crippen molar-refractivity contribution in [2.45, 2.75) is 26.3 Å². The Morgan fingerprint density at radius 3 is 2.78 bits per heavy atom. The molecule has 2 N–H and O–H groups in total. The van der Waals surface area contributed by atoms with Gasteiger partial charge in [-0.05, 0) is 29.5 Å². The van der Waals surface area contributed by atoms with E-state index in [4.69, 9.17) is 0 Å². The highest BCUT2D eigenvalue weighted by Crippen LogP contribution is 2.26. The van der Waals surface area contributed by atoms with E-state index in [1.165, 1.54) is 0 Å². The number of carbonyl (C=O) groups is 1. The molecule has 1 amide bonds. The molecule has 0 aliphatic carbocycles. The van der Waals surface area contributed by atoms with Crippen molar-refractivity contribution in [2.24, 2.45) is 5.92 Å². The lowest BCUT2D eigenvalue weighted by Crippen LogP contribution is -2.33. The zero-order chi connectivity index (χ0) is 18.8. The second kappa shape index (κ2) is 7.62. The van der Waals surface area contributed by atoms with Crippen LogP contribution in [0.1, 0.15) is 31.4 Å². The molecule has 138 valence electrons. The average Bonchev–Trinajstić information content (AvgIpc) is 3.38. The molecule has 0 aliphatic rings. The number of benzene rings is 1. The van der Waals surface area contributed by atoms with Gasteiger partial charge in [-0.15, -0.1) is 11.3 Å². The molecule has 0 aliphatic heterocycles. The molecule has 7 heteroatoms. The molecule has 3 heterocycles. The largest absolute Gasteiger partial charge is 0.346 e. The number of para-hydroxylation sites is 2. The summed E-state index contributed by atoms with van der Waals surface area (Å²) in [6.45, 7) is 4.16. The Kier molecular flexibility index (Phi) is 5.05. The van der Waals surface area contributed by atoms with Crippen LogP contribution < -0.4 is 5.32 Å². The van der Waals surface area contributed by atoms with E-state index in [9.17, 15) is 4.79 Å². The van der Waals surface area contributed by atoms with E-state index in [0.29, 0.717) is 0 Å². The number of thiazole rings is 1. The molecule has 0 saturated carbocycles. The molecule has 4 rings (SSSR count). The number of hydrogen-bond acceptors (Lipinski definition) is 5. The number of hydrogen-bond donors (Lipinski definition) is 2. The molecule has 1 aromatic carbocycles. The number of rotatable bonds is 6. The average molecular weight is 397 g/mol. The number of nitrogens with one attached hydrogen (secondary N) is 2. The number of nitrogens with zero attached hydrogens (tertiary/aromatic N) is 2. The number of H-pyrrole nitrogens is 1. The summed E-state index contributed by atoms with van der Waals surface area (Å²) < 4.78 is 0. The first-order chi connectivity index (χ1) is 13.1. The van der Waals surface area contributed by atoms with Gasteiger partial charge in [0.25, 0.3) is 0 Å². The van der Waals surface area contributed by atoms with E-state index in [-0.39, 0.29) is 24.3 Å². The Hall–Kier alpha value is -2.51. The molecule has 1 atom stereocenters. The molecule has 3 aromatic heterocycles. The Morgan fingerprint density at radius 1 is 1.19 bits per heavy atom. The Bertz CT molecular complexity index is 1020. The summed E-state index contributed by atoms with van der Waals surface area (Å²) in [5.41, 5.74) is 3.80. The van der Waals surface area contributed by atoms with E-state index in [0.717, 1.165) is 33.1 Å². The predicted octanol–water partition coefficient (Wildman–Crippen LogP) is 4.80. The fourth-order valence-electron chi connectivity index (χ4n) is 2.97. The highest BCUT2D eigenvalue weighted by atomic mass is 32.1. The second-order valence-electron chi connectivity index (χ2n) is 6.76. The van der Waals surface area contributed by atoms with Crippen LogP contribution in [0.2, 0.25) is 0 Å². The van der Waals surface area contributed by atoms with Gasteiger partial charge in [0.15, 0.2) is 0 Å². The van der Waals surface area contributed by atoms with E-state index >= 15 is 0 Å². The van der Waals surface area contributed by atoms with Crippen molar-refractivity contribution in [3.05, 3.63) is 58.0 Å². The highest BCUT2D eigenvalue weighted by Gasteiger charge is 2.22. The van der Waals surface area contributed by atoms with Gasteiger partial charge in [-0.25, -0.2) is 9.97 Å². The number of carbonyl (C=O) groups excluding carboxylic acids is 1. The topological polar surface area (TPSA) is 70.7 Å². The minimum atomic E-state index is -0.167. The van der Waals surface area contributed by atoms with E-state index in [2.05, 4.69) is 39.5 Å². The third-order valence-electron chi connectivity index (χ3n) is 4.35. The van der Waals surface area contributed by atoms with E-state index in [1.54, 1.807) is 22.7 Å². The zero-order valence-corrected chi connectivity index (χ0v) is 16.7. The standard InChI is InChI=1S/C20H20N4OS2/c1-12(2)18(19-22-15-5-3-4-6-16(15)23-19)24-17(25)9-14-11-27-20(21-14)13-7-8-26-10-13/h3-8,10-12,18H,9H2,1-2H3,(H,22,23)(H,24,25)/t18-/m0/s1. The zero-order valence-electron chi connectivity index (χ0n) is 15.1. The predicted molar refractivity (Wildman–Crippen MR) is 111 cm³/mol. The smallest absolute Gasteiger partial charge is 0.226 e. The van der Waals surface area contributed by atoms with E-state index in [1.807, 2.05) is 41.1 Å². The summed E-state index contributed by atoms with van der Waals surface area (Å²) in [5.74, 6) is 0.958. The van der Waals surface area contributed by atoms with Gasteiger partial charge in [0.2, 0.25) is 5.91 Å². The van der Waals surface area contributed by atoms with Crippen molar-refractivity contribution < 1.29 is 4.79 Å². The summed E-state index contributed by atoms with van der Waals surface area (Å²) >= 11 is 3.22. The number of amides is 1. The van der Waals surface area contributed by atoms with Crippen LogP contribution >= 0.6 is 22.7 Å². The Labute approximate surface area is 165 Å². The lowest BCUT2D eigenvalue weighted by Gasteiger charge is -2.20. The molecule has 0 bridgehead atoms. The number of aromatic nitrogens is 3. The Balaban J connectivity index is 1.48. The van der Waals surface area contributed by atoms with Crippen LogP contribution in [-0.2, 0) is 11.2 Å². The third-order valence-corrected chi connectivity index (χ3v) is 5.97. The summed E-state index contributed by atoms with van der Waals surface area (Å²) in [6, 6.07) is 9.77. The number of fused-ring (bicyclic) bond motifs is 1. The normalized spacial score (nSPS) is 12.6. The van der Waals surface area contributed by atoms with Gasteiger partial charge in [0.05, 0.1) is 29.2 Å². The quantitative estimate of drug-likeness (QED) is 0.492. The lowest BCUT2D eigenvalue weighted by molar-refractivity contribution is -0.121. The van der Waals surface area contributed by atoms with Gasteiger partial charge in [-0.1, -0.05) is 26.0 Å². The molecule has 0 fully saturated rings. The first-order valence-electron chi connectivity index (χ1n) is 8.81. The van der Waals surface area contributed by atoms with Crippen LogP contribution in [0, 0.1) is 5.92 Å². The molecule has 0 saturated heterocycles. The van der Waals surface area contributed by atoms with Gasteiger partial charge in [-0.2, -0.15) is 11.3 Å². The summed E-state index contributed by atoms with van der Waals surface area (Å²) in [6.07, 6.45) is 0.268. The SMILES string of the molecule is CC(C)[C@H](NC(=O)Cc1csc(-c2ccsc2)n1)c1nc2ccccc2[nH]1. The molecule has 27 heavy (non-hydrogen) atoms. The summed E-state index contributed by atoms with van der Waals surface area (Å²) in [7, 11) is 0. The van der Waals surface area contributed by atoms with Crippen molar-refractivity contribution in [2.75, 3.05) is 0 Å². The minimum Gasteiger partial charge on any atom is -0.346 e. The fourth-order valence-corrected chi connectivity index (χ4v) is 4.50. The first-order valence-corrected chi connectivity index (χ1v) is 10.6. The van der Waals surface area contributed by atoms with Crippen molar-refractivity contribution in [3.8, 4) is 10.6 Å². The molecule has 4 aromatic rings. The van der Waals surface area contributed by atoms with Gasteiger partial charge in [0, 0.05) is 16.3 Å². The third kappa shape index (κ3) is 3.94. The number of imidazole rings is 1. The summed E-state index contributed by atoms with van der Waals surface area (Å²) in [5, 5.41) is 10.1. The van der Waals surface area contributed by atoms with E-state index < -0.39 is 0 Å². The molecule has 0 spiro atoms.